The molecule has 0 spiro atoms. The molecule has 4 rings (SSSR count). The number of aromatic nitrogens is 4. The molecule has 0 aliphatic carbocycles. The number of nitrogens with one attached hydrogen (secondary N) is 1. The van der Waals surface area contributed by atoms with Crippen LogP contribution in [0.15, 0.2) is 33.6 Å². The average molecular weight is 351 g/mol. The summed E-state index contributed by atoms with van der Waals surface area (Å²) in [4.78, 5) is 18.2. The highest BCUT2D eigenvalue weighted by Gasteiger charge is 2.19. The van der Waals surface area contributed by atoms with Gasteiger partial charge in [0.1, 0.15) is 34.9 Å². The fourth-order valence-corrected chi connectivity index (χ4v) is 3.02. The van der Waals surface area contributed by atoms with Gasteiger partial charge in [0, 0.05) is 0 Å². The first-order valence-corrected chi connectivity index (χ1v) is 8.52. The highest BCUT2D eigenvalue weighted by Crippen LogP contribution is 2.26. The Labute approximate surface area is 151 Å². The first kappa shape index (κ1) is 16.4. The fraction of sp³-hybridized carbons (Fsp3) is 0.316. The van der Waals surface area contributed by atoms with Gasteiger partial charge in [-0.15, -0.1) is 0 Å². The summed E-state index contributed by atoms with van der Waals surface area (Å²) in [6.45, 7) is 9.15. The lowest BCUT2D eigenvalue weighted by molar-refractivity contribution is 0.453. The molecule has 0 atom stereocenters. The van der Waals surface area contributed by atoms with E-state index in [1.807, 2.05) is 27.7 Å². The number of rotatable bonds is 5. The standard InChI is InChI=1S/C19H21N5O2/c1-11-5-15(25-13(11)3)7-24(8-16-6-12(2)14(4)26-16)19-17-18(21-9-20-17)22-10-23-19/h5-6,9-10H,7-8H2,1-4H3,(H,20,21,22,23). The Hall–Kier alpha value is -3.09. The van der Waals surface area contributed by atoms with E-state index in [9.17, 15) is 0 Å². The van der Waals surface area contributed by atoms with E-state index in [0.717, 1.165) is 45.5 Å². The Morgan fingerprint density at radius 2 is 1.50 bits per heavy atom. The molecule has 4 heterocycles. The summed E-state index contributed by atoms with van der Waals surface area (Å²) < 4.78 is 11.8. The molecule has 134 valence electrons. The minimum Gasteiger partial charge on any atom is -0.464 e. The first-order chi connectivity index (χ1) is 12.5. The zero-order valence-corrected chi connectivity index (χ0v) is 15.3. The zero-order chi connectivity index (χ0) is 18.3. The number of fused-ring (bicyclic) bond motifs is 1. The zero-order valence-electron chi connectivity index (χ0n) is 15.3. The summed E-state index contributed by atoms with van der Waals surface area (Å²) in [5.41, 5.74) is 3.71. The highest BCUT2D eigenvalue weighted by atomic mass is 16.3. The number of nitrogens with zero attached hydrogens (tertiary/aromatic N) is 4. The normalized spacial score (nSPS) is 11.4. The van der Waals surface area contributed by atoms with Crippen molar-refractivity contribution in [1.82, 2.24) is 19.9 Å². The van der Waals surface area contributed by atoms with Crippen molar-refractivity contribution in [3.05, 3.63) is 59.0 Å². The Balaban J connectivity index is 1.74. The molecule has 0 saturated carbocycles. The van der Waals surface area contributed by atoms with E-state index in [1.165, 1.54) is 0 Å². The number of hydrogen-bond acceptors (Lipinski definition) is 6. The summed E-state index contributed by atoms with van der Waals surface area (Å²) in [7, 11) is 0. The molecule has 4 aromatic rings. The lowest BCUT2D eigenvalue weighted by Gasteiger charge is -2.21. The van der Waals surface area contributed by atoms with Crippen LogP contribution < -0.4 is 4.90 Å². The van der Waals surface area contributed by atoms with Gasteiger partial charge in [-0.05, 0) is 51.0 Å². The molecule has 0 bridgehead atoms. The summed E-state index contributed by atoms with van der Waals surface area (Å²) in [6.07, 6.45) is 3.17. The second-order valence-corrected chi connectivity index (χ2v) is 6.56. The first-order valence-electron chi connectivity index (χ1n) is 8.52. The van der Waals surface area contributed by atoms with Gasteiger partial charge in [0.15, 0.2) is 11.5 Å². The number of hydrogen-bond donors (Lipinski definition) is 1. The Morgan fingerprint density at radius 1 is 0.885 bits per heavy atom. The number of anilines is 1. The number of imidazole rings is 1. The second-order valence-electron chi connectivity index (χ2n) is 6.56. The van der Waals surface area contributed by atoms with Gasteiger partial charge in [0.05, 0.1) is 19.4 Å². The third kappa shape index (κ3) is 2.96. The molecular weight excluding hydrogens is 330 g/mol. The van der Waals surface area contributed by atoms with E-state index in [-0.39, 0.29) is 0 Å². The number of H-pyrrole nitrogens is 1. The average Bonchev–Trinajstić information content (AvgIpc) is 3.28. The SMILES string of the molecule is Cc1cc(CN(Cc2cc(C)c(C)o2)c2ncnc3[nH]cnc23)oc1C. The maximum absolute atomic E-state index is 5.88. The Bertz CT molecular complexity index is 972. The highest BCUT2D eigenvalue weighted by molar-refractivity contribution is 5.82. The van der Waals surface area contributed by atoms with Crippen LogP contribution in [0.2, 0.25) is 0 Å². The van der Waals surface area contributed by atoms with E-state index in [2.05, 4.69) is 37.0 Å². The molecule has 0 radical (unpaired) electrons. The third-order valence-electron chi connectivity index (χ3n) is 4.62. The van der Waals surface area contributed by atoms with Crippen LogP contribution in [0.5, 0.6) is 0 Å². The second kappa shape index (κ2) is 6.33. The van der Waals surface area contributed by atoms with E-state index in [1.54, 1.807) is 12.7 Å². The monoisotopic (exact) mass is 351 g/mol. The van der Waals surface area contributed by atoms with Crippen LogP contribution >= 0.6 is 0 Å². The molecule has 0 aliphatic heterocycles. The summed E-state index contributed by atoms with van der Waals surface area (Å²) >= 11 is 0. The van der Waals surface area contributed by atoms with Gasteiger partial charge >= 0.3 is 0 Å². The lowest BCUT2D eigenvalue weighted by atomic mass is 10.2. The van der Waals surface area contributed by atoms with Crippen molar-refractivity contribution in [2.24, 2.45) is 0 Å². The van der Waals surface area contributed by atoms with Crippen molar-refractivity contribution < 1.29 is 8.83 Å². The van der Waals surface area contributed by atoms with Crippen LogP contribution in [0, 0.1) is 27.7 Å². The van der Waals surface area contributed by atoms with Crippen LogP contribution in [-0.2, 0) is 13.1 Å². The quantitative estimate of drug-likeness (QED) is 0.585. The summed E-state index contributed by atoms with van der Waals surface area (Å²) in [5, 5.41) is 0. The van der Waals surface area contributed by atoms with Gasteiger partial charge in [-0.3, -0.25) is 0 Å². The number of furan rings is 2. The minimum absolute atomic E-state index is 0.562. The molecular formula is C19H21N5O2. The van der Waals surface area contributed by atoms with Gasteiger partial charge in [-0.2, -0.15) is 0 Å². The molecule has 4 aromatic heterocycles. The molecule has 0 saturated heterocycles. The van der Waals surface area contributed by atoms with Gasteiger partial charge in [-0.1, -0.05) is 0 Å². The summed E-state index contributed by atoms with van der Waals surface area (Å²) in [6, 6.07) is 4.12. The molecule has 1 N–H and O–H groups in total. The molecule has 7 heteroatoms. The molecule has 0 unspecified atom stereocenters. The van der Waals surface area contributed by atoms with E-state index in [0.29, 0.717) is 18.7 Å². The van der Waals surface area contributed by atoms with Crippen molar-refractivity contribution in [3.63, 3.8) is 0 Å². The Morgan fingerprint density at radius 3 is 2.04 bits per heavy atom. The van der Waals surface area contributed by atoms with Crippen LogP contribution in [0.1, 0.15) is 34.2 Å². The third-order valence-corrected chi connectivity index (χ3v) is 4.62. The van der Waals surface area contributed by atoms with Crippen molar-refractivity contribution >= 4 is 17.0 Å². The molecule has 7 nitrogen and oxygen atoms in total. The van der Waals surface area contributed by atoms with Crippen LogP contribution in [-0.4, -0.2) is 19.9 Å². The summed E-state index contributed by atoms with van der Waals surface area (Å²) in [5.74, 6) is 4.36. The van der Waals surface area contributed by atoms with Crippen molar-refractivity contribution in [2.75, 3.05) is 4.90 Å². The van der Waals surface area contributed by atoms with Crippen molar-refractivity contribution in [2.45, 2.75) is 40.8 Å². The topological polar surface area (TPSA) is 84.0 Å². The van der Waals surface area contributed by atoms with Gasteiger partial charge < -0.3 is 18.7 Å². The Kier molecular flexibility index (Phi) is 3.99. The molecule has 26 heavy (non-hydrogen) atoms. The number of aryl methyl sites for hydroxylation is 4. The van der Waals surface area contributed by atoms with E-state index in [4.69, 9.17) is 8.83 Å². The lowest BCUT2D eigenvalue weighted by Crippen LogP contribution is -2.23. The molecule has 0 fully saturated rings. The number of aromatic amines is 1. The molecule has 0 aliphatic rings. The van der Waals surface area contributed by atoms with E-state index < -0.39 is 0 Å². The van der Waals surface area contributed by atoms with Crippen molar-refractivity contribution in [3.8, 4) is 0 Å². The van der Waals surface area contributed by atoms with Crippen LogP contribution in [0.25, 0.3) is 11.2 Å². The largest absolute Gasteiger partial charge is 0.464 e. The fourth-order valence-electron chi connectivity index (χ4n) is 3.02. The predicted molar refractivity (Wildman–Crippen MR) is 97.9 cm³/mol. The minimum atomic E-state index is 0.562. The van der Waals surface area contributed by atoms with Crippen molar-refractivity contribution in [1.29, 1.82) is 0 Å². The van der Waals surface area contributed by atoms with Gasteiger partial charge in [0.25, 0.3) is 0 Å². The smallest absolute Gasteiger partial charge is 0.162 e. The van der Waals surface area contributed by atoms with E-state index >= 15 is 0 Å². The maximum Gasteiger partial charge on any atom is 0.162 e. The van der Waals surface area contributed by atoms with Gasteiger partial charge in [-0.25, -0.2) is 15.0 Å². The van der Waals surface area contributed by atoms with Crippen LogP contribution in [0.4, 0.5) is 5.82 Å². The van der Waals surface area contributed by atoms with Gasteiger partial charge in [0.2, 0.25) is 0 Å². The predicted octanol–water partition coefficient (Wildman–Crippen LogP) is 3.98. The molecule has 0 amide bonds. The van der Waals surface area contributed by atoms with Crippen LogP contribution in [0.3, 0.4) is 0 Å². The maximum atomic E-state index is 5.88. The molecule has 0 aromatic carbocycles.